The van der Waals surface area contributed by atoms with Crippen molar-refractivity contribution < 1.29 is 17.9 Å². The predicted molar refractivity (Wildman–Crippen MR) is 113 cm³/mol. The van der Waals surface area contributed by atoms with Gasteiger partial charge in [0.2, 0.25) is 0 Å². The fourth-order valence-electron chi connectivity index (χ4n) is 2.86. The molecule has 0 aliphatic heterocycles. The third kappa shape index (κ3) is 7.06. The molecule has 0 spiro atoms. The minimum absolute atomic E-state index is 0.172. The minimum atomic E-state index is -4.36. The summed E-state index contributed by atoms with van der Waals surface area (Å²) in [5.74, 6) is 0.812. The van der Waals surface area contributed by atoms with Crippen molar-refractivity contribution in [2.45, 2.75) is 26.2 Å². The molecule has 0 radical (unpaired) electrons. The lowest BCUT2D eigenvalue weighted by Crippen LogP contribution is -2.37. The van der Waals surface area contributed by atoms with E-state index in [9.17, 15) is 13.2 Å². The van der Waals surface area contributed by atoms with Crippen LogP contribution < -0.4 is 15.4 Å². The molecule has 0 bridgehead atoms. The second-order valence-electron chi connectivity index (χ2n) is 6.70. The first kappa shape index (κ1) is 22.2. The Morgan fingerprint density at radius 3 is 2.55 bits per heavy atom. The maximum absolute atomic E-state index is 12.2. The number of imidazole rings is 1. The number of nitrogens with one attached hydrogen (secondary N) is 2. The van der Waals surface area contributed by atoms with E-state index in [2.05, 4.69) is 20.6 Å². The largest absolute Gasteiger partial charge is 0.484 e. The minimum Gasteiger partial charge on any atom is -0.484 e. The van der Waals surface area contributed by atoms with Crippen molar-refractivity contribution in [2.24, 2.45) is 4.99 Å². The van der Waals surface area contributed by atoms with Crippen LogP contribution in [0.5, 0.6) is 5.75 Å². The number of aromatic nitrogens is 2. The number of halogens is 3. The zero-order valence-corrected chi connectivity index (χ0v) is 17.1. The molecule has 6 nitrogen and oxygen atoms in total. The summed E-state index contributed by atoms with van der Waals surface area (Å²) in [5.41, 5.74) is 2.96. The van der Waals surface area contributed by atoms with Gasteiger partial charge in [-0.1, -0.05) is 30.3 Å². The van der Waals surface area contributed by atoms with Crippen LogP contribution in [-0.4, -0.2) is 34.8 Å². The zero-order valence-electron chi connectivity index (χ0n) is 17.1. The molecule has 1 aromatic heterocycles. The number of benzene rings is 2. The van der Waals surface area contributed by atoms with E-state index in [1.165, 1.54) is 12.1 Å². The van der Waals surface area contributed by atoms with E-state index >= 15 is 0 Å². The van der Waals surface area contributed by atoms with Gasteiger partial charge in [0.15, 0.2) is 12.6 Å². The van der Waals surface area contributed by atoms with Gasteiger partial charge in [-0.05, 0) is 36.2 Å². The lowest BCUT2D eigenvalue weighted by atomic mass is 10.1. The Labute approximate surface area is 178 Å². The fraction of sp³-hybridized carbons (Fsp3) is 0.273. The number of ether oxygens (including phenoxy) is 1. The van der Waals surface area contributed by atoms with Crippen LogP contribution in [0.4, 0.5) is 13.2 Å². The van der Waals surface area contributed by atoms with Crippen molar-refractivity contribution in [3.8, 4) is 11.4 Å². The smallest absolute Gasteiger partial charge is 0.422 e. The lowest BCUT2D eigenvalue weighted by molar-refractivity contribution is -0.153. The molecule has 9 heteroatoms. The van der Waals surface area contributed by atoms with E-state index in [1.807, 2.05) is 42.0 Å². The second kappa shape index (κ2) is 10.5. The zero-order chi connectivity index (χ0) is 22.1. The molecule has 0 aliphatic rings. The first-order valence-corrected chi connectivity index (χ1v) is 9.81. The molecule has 0 fully saturated rings. The Kier molecular flexibility index (Phi) is 7.53. The number of para-hydroxylation sites is 1. The standard InChI is InChI=1S/C22H24F3N5O/c1-2-27-21(28-13-17-7-9-19(10-8-17)31-15-22(23,24)25)29-14-18-5-3-4-6-20(18)30-12-11-26-16-30/h3-12,16H,2,13-15H2,1H3,(H2,27,28,29). The van der Waals surface area contributed by atoms with E-state index in [-0.39, 0.29) is 5.75 Å². The van der Waals surface area contributed by atoms with Crippen LogP contribution in [0, 0.1) is 0 Å². The molecule has 0 amide bonds. The number of rotatable bonds is 8. The third-order valence-corrected chi connectivity index (χ3v) is 4.31. The second-order valence-corrected chi connectivity index (χ2v) is 6.70. The first-order valence-electron chi connectivity index (χ1n) is 9.81. The van der Waals surface area contributed by atoms with Gasteiger partial charge < -0.3 is 19.9 Å². The molecule has 2 aromatic carbocycles. The van der Waals surface area contributed by atoms with Gasteiger partial charge in [-0.25, -0.2) is 9.98 Å². The van der Waals surface area contributed by atoms with E-state index in [1.54, 1.807) is 24.7 Å². The molecular weight excluding hydrogens is 407 g/mol. The highest BCUT2D eigenvalue weighted by atomic mass is 19.4. The van der Waals surface area contributed by atoms with Crippen LogP contribution in [0.25, 0.3) is 5.69 Å². The van der Waals surface area contributed by atoms with Gasteiger partial charge in [0.25, 0.3) is 0 Å². The average Bonchev–Trinajstić information content (AvgIpc) is 3.29. The molecule has 1 heterocycles. The van der Waals surface area contributed by atoms with Gasteiger partial charge >= 0.3 is 6.18 Å². The highest BCUT2D eigenvalue weighted by Gasteiger charge is 2.28. The average molecular weight is 431 g/mol. The highest BCUT2D eigenvalue weighted by Crippen LogP contribution is 2.19. The highest BCUT2D eigenvalue weighted by molar-refractivity contribution is 5.79. The summed E-state index contributed by atoms with van der Waals surface area (Å²) in [6.07, 6.45) is 1.02. The summed E-state index contributed by atoms with van der Waals surface area (Å²) < 4.78 is 43.4. The van der Waals surface area contributed by atoms with Crippen LogP contribution in [-0.2, 0) is 13.1 Å². The summed E-state index contributed by atoms with van der Waals surface area (Å²) in [4.78, 5) is 8.66. The van der Waals surface area contributed by atoms with Crippen LogP contribution in [0.15, 0.2) is 72.2 Å². The van der Waals surface area contributed by atoms with E-state index in [4.69, 9.17) is 4.74 Å². The molecule has 0 aliphatic carbocycles. The molecule has 164 valence electrons. The van der Waals surface area contributed by atoms with Crippen molar-refractivity contribution in [3.63, 3.8) is 0 Å². The van der Waals surface area contributed by atoms with Crippen LogP contribution in [0.3, 0.4) is 0 Å². The Bertz CT molecular complexity index is 970. The number of guanidine groups is 1. The Morgan fingerprint density at radius 2 is 1.87 bits per heavy atom. The molecule has 3 aromatic rings. The van der Waals surface area contributed by atoms with Crippen molar-refractivity contribution in [3.05, 3.63) is 78.4 Å². The monoisotopic (exact) mass is 431 g/mol. The van der Waals surface area contributed by atoms with E-state index < -0.39 is 12.8 Å². The molecule has 3 rings (SSSR count). The van der Waals surface area contributed by atoms with Crippen molar-refractivity contribution in [1.29, 1.82) is 0 Å². The molecule has 0 saturated carbocycles. The predicted octanol–water partition coefficient (Wildman–Crippen LogP) is 4.07. The van der Waals surface area contributed by atoms with Gasteiger partial charge in [-0.2, -0.15) is 13.2 Å². The quantitative estimate of drug-likeness (QED) is 0.417. The van der Waals surface area contributed by atoms with E-state index in [0.717, 1.165) is 16.8 Å². The summed E-state index contributed by atoms with van der Waals surface area (Å²) in [6.45, 7) is 2.30. The van der Waals surface area contributed by atoms with Gasteiger partial charge in [0, 0.05) is 25.5 Å². The SMILES string of the molecule is CCNC(=NCc1ccc(OCC(F)(F)F)cc1)NCc1ccccc1-n1ccnc1. The maximum Gasteiger partial charge on any atom is 0.422 e. The summed E-state index contributed by atoms with van der Waals surface area (Å²) in [6, 6.07) is 14.4. The summed E-state index contributed by atoms with van der Waals surface area (Å²) >= 11 is 0. The Morgan fingerprint density at radius 1 is 1.10 bits per heavy atom. The number of nitrogens with zero attached hydrogens (tertiary/aromatic N) is 3. The number of aliphatic imine (C=N–C) groups is 1. The van der Waals surface area contributed by atoms with Crippen molar-refractivity contribution >= 4 is 5.96 Å². The van der Waals surface area contributed by atoms with Crippen molar-refractivity contribution in [2.75, 3.05) is 13.2 Å². The maximum atomic E-state index is 12.2. The fourth-order valence-corrected chi connectivity index (χ4v) is 2.86. The third-order valence-electron chi connectivity index (χ3n) is 4.31. The van der Waals surface area contributed by atoms with Gasteiger partial charge in [0.05, 0.1) is 18.6 Å². The number of hydrogen-bond acceptors (Lipinski definition) is 3. The van der Waals surface area contributed by atoms with Crippen molar-refractivity contribution in [1.82, 2.24) is 20.2 Å². The molecule has 31 heavy (non-hydrogen) atoms. The number of hydrogen-bond donors (Lipinski definition) is 2. The van der Waals surface area contributed by atoms with Crippen LogP contribution in [0.2, 0.25) is 0 Å². The van der Waals surface area contributed by atoms with Gasteiger partial charge in [0.1, 0.15) is 5.75 Å². The molecule has 2 N–H and O–H groups in total. The molecule has 0 atom stereocenters. The number of alkyl halides is 3. The molecule has 0 saturated heterocycles. The Hall–Kier alpha value is -3.49. The van der Waals surface area contributed by atoms with E-state index in [0.29, 0.717) is 25.6 Å². The lowest BCUT2D eigenvalue weighted by Gasteiger charge is -2.14. The summed E-state index contributed by atoms with van der Waals surface area (Å²) in [5, 5.41) is 6.51. The van der Waals surface area contributed by atoms with Crippen LogP contribution >= 0.6 is 0 Å². The normalized spacial score (nSPS) is 11.9. The molecule has 0 unspecified atom stereocenters. The topological polar surface area (TPSA) is 63.5 Å². The van der Waals surface area contributed by atoms with Gasteiger partial charge in [-0.15, -0.1) is 0 Å². The van der Waals surface area contributed by atoms with Crippen LogP contribution in [0.1, 0.15) is 18.1 Å². The van der Waals surface area contributed by atoms with Gasteiger partial charge in [-0.3, -0.25) is 0 Å². The first-order chi connectivity index (χ1) is 14.9. The summed E-state index contributed by atoms with van der Waals surface area (Å²) in [7, 11) is 0. The Balaban J connectivity index is 1.61. The molecular formula is C22H24F3N5O.